The number of carbonyl (C=O) groups is 2. The number of esters is 2. The Labute approximate surface area is 127 Å². The van der Waals surface area contributed by atoms with Crippen LogP contribution in [0.25, 0.3) is 0 Å². The van der Waals surface area contributed by atoms with E-state index in [9.17, 15) is 14.7 Å². The van der Waals surface area contributed by atoms with Gasteiger partial charge in [0, 0.05) is 11.9 Å². The van der Waals surface area contributed by atoms with Crippen LogP contribution in [-0.4, -0.2) is 31.3 Å². The van der Waals surface area contributed by atoms with Gasteiger partial charge in [-0.15, -0.1) is 0 Å². The second-order valence-electron chi connectivity index (χ2n) is 4.33. The summed E-state index contributed by atoms with van der Waals surface area (Å²) in [5.41, 5.74) is 0.692. The van der Waals surface area contributed by atoms with Crippen molar-refractivity contribution >= 4 is 17.6 Å². The van der Waals surface area contributed by atoms with E-state index in [-0.39, 0.29) is 17.0 Å². The van der Waals surface area contributed by atoms with Crippen molar-refractivity contribution in [2.45, 2.75) is 0 Å². The van der Waals surface area contributed by atoms with Crippen molar-refractivity contribution in [3.8, 4) is 5.75 Å². The molecule has 6 nitrogen and oxygen atoms in total. The maximum Gasteiger partial charge on any atom is 0.355 e. The minimum absolute atomic E-state index is 0.0324. The monoisotopic (exact) mass is 301 g/mol. The summed E-state index contributed by atoms with van der Waals surface area (Å²) < 4.78 is 9.51. The summed E-state index contributed by atoms with van der Waals surface area (Å²) in [6.45, 7) is 0. The molecule has 0 aromatic heterocycles. The van der Waals surface area contributed by atoms with Gasteiger partial charge in [-0.1, -0.05) is 6.08 Å². The molecule has 0 atom stereocenters. The molecular weight excluding hydrogens is 286 g/mol. The fourth-order valence-electron chi connectivity index (χ4n) is 1.98. The SMILES string of the molecule is COC(=O)C1=C(C(=O)OC)N(c2ccc(O)cc2)C=CC=C1. The third-order valence-electron chi connectivity index (χ3n) is 3.02. The molecule has 0 unspecified atom stereocenters. The van der Waals surface area contributed by atoms with E-state index >= 15 is 0 Å². The molecule has 1 aliphatic rings. The number of phenolic OH excluding ortho intramolecular Hbond substituents is 1. The lowest BCUT2D eigenvalue weighted by molar-refractivity contribution is -0.139. The number of hydrogen-bond acceptors (Lipinski definition) is 6. The first-order valence-electron chi connectivity index (χ1n) is 6.42. The number of hydrogen-bond donors (Lipinski definition) is 1. The molecule has 0 amide bonds. The van der Waals surface area contributed by atoms with Crippen molar-refractivity contribution in [1.82, 2.24) is 0 Å². The molecule has 0 saturated heterocycles. The Kier molecular flexibility index (Phi) is 4.63. The number of benzene rings is 1. The Hall–Kier alpha value is -3.02. The van der Waals surface area contributed by atoms with Crippen molar-refractivity contribution in [3.63, 3.8) is 0 Å². The van der Waals surface area contributed by atoms with Gasteiger partial charge >= 0.3 is 11.9 Å². The van der Waals surface area contributed by atoms with Crippen LogP contribution >= 0.6 is 0 Å². The van der Waals surface area contributed by atoms with Gasteiger partial charge in [-0.05, 0) is 36.4 Å². The van der Waals surface area contributed by atoms with Gasteiger partial charge in [0.15, 0.2) is 0 Å². The molecule has 0 aliphatic carbocycles. The molecule has 1 N–H and O–H groups in total. The molecule has 0 fully saturated rings. The van der Waals surface area contributed by atoms with E-state index in [0.717, 1.165) is 0 Å². The van der Waals surface area contributed by atoms with Gasteiger partial charge in [-0.25, -0.2) is 9.59 Å². The molecule has 0 radical (unpaired) electrons. The van der Waals surface area contributed by atoms with Crippen molar-refractivity contribution in [1.29, 1.82) is 0 Å². The molecule has 0 saturated carbocycles. The highest BCUT2D eigenvalue weighted by Crippen LogP contribution is 2.27. The van der Waals surface area contributed by atoms with Crippen LogP contribution in [0.1, 0.15) is 0 Å². The van der Waals surface area contributed by atoms with Crippen LogP contribution in [0.5, 0.6) is 5.75 Å². The van der Waals surface area contributed by atoms with E-state index < -0.39 is 11.9 Å². The van der Waals surface area contributed by atoms with Crippen molar-refractivity contribution in [2.75, 3.05) is 19.1 Å². The molecule has 114 valence electrons. The van der Waals surface area contributed by atoms with E-state index in [2.05, 4.69) is 0 Å². The smallest absolute Gasteiger partial charge is 0.355 e. The van der Waals surface area contributed by atoms with E-state index in [1.807, 2.05) is 0 Å². The highest BCUT2D eigenvalue weighted by atomic mass is 16.5. The number of anilines is 1. The predicted molar refractivity (Wildman–Crippen MR) is 79.9 cm³/mol. The highest BCUT2D eigenvalue weighted by molar-refractivity contribution is 6.05. The van der Waals surface area contributed by atoms with Gasteiger partial charge in [0.1, 0.15) is 11.4 Å². The maximum atomic E-state index is 12.2. The van der Waals surface area contributed by atoms with Gasteiger partial charge in [-0.2, -0.15) is 0 Å². The summed E-state index contributed by atoms with van der Waals surface area (Å²) >= 11 is 0. The third kappa shape index (κ3) is 3.01. The Bertz CT molecular complexity index is 670. The number of carbonyl (C=O) groups excluding carboxylic acids is 2. The van der Waals surface area contributed by atoms with Gasteiger partial charge in [0.2, 0.25) is 0 Å². The Balaban J connectivity index is 2.61. The average Bonchev–Trinajstić information content (AvgIpc) is 2.77. The second-order valence-corrected chi connectivity index (χ2v) is 4.33. The Morgan fingerprint density at radius 1 is 1.00 bits per heavy atom. The first kappa shape index (κ1) is 15.4. The van der Waals surface area contributed by atoms with Gasteiger partial charge in [-0.3, -0.25) is 0 Å². The summed E-state index contributed by atoms with van der Waals surface area (Å²) in [4.78, 5) is 25.6. The van der Waals surface area contributed by atoms with Crippen LogP contribution in [0.4, 0.5) is 5.69 Å². The topological polar surface area (TPSA) is 76.1 Å². The first-order chi connectivity index (χ1) is 10.6. The minimum atomic E-state index is -0.676. The fraction of sp³-hybridized carbons (Fsp3) is 0.125. The molecule has 1 aromatic carbocycles. The quantitative estimate of drug-likeness (QED) is 0.859. The van der Waals surface area contributed by atoms with Crippen LogP contribution in [0.15, 0.2) is 60.0 Å². The average molecular weight is 301 g/mol. The van der Waals surface area contributed by atoms with Crippen LogP contribution in [0, 0.1) is 0 Å². The largest absolute Gasteiger partial charge is 0.508 e. The fourth-order valence-corrected chi connectivity index (χ4v) is 1.98. The van der Waals surface area contributed by atoms with Crippen molar-refractivity contribution in [2.24, 2.45) is 0 Å². The molecule has 1 aromatic rings. The van der Waals surface area contributed by atoms with E-state index in [0.29, 0.717) is 5.69 Å². The molecule has 1 aliphatic heterocycles. The second kappa shape index (κ2) is 6.62. The normalized spacial score (nSPS) is 13.8. The van der Waals surface area contributed by atoms with Crippen LogP contribution in [0.3, 0.4) is 0 Å². The zero-order valence-corrected chi connectivity index (χ0v) is 12.1. The summed E-state index contributed by atoms with van der Waals surface area (Å²) in [5, 5.41) is 9.38. The Morgan fingerprint density at radius 3 is 2.23 bits per heavy atom. The Morgan fingerprint density at radius 2 is 1.64 bits per heavy atom. The summed E-state index contributed by atoms with van der Waals surface area (Å²) in [5.74, 6) is -1.23. The molecule has 2 rings (SSSR count). The zero-order valence-electron chi connectivity index (χ0n) is 12.1. The van der Waals surface area contributed by atoms with Crippen molar-refractivity contribution < 1.29 is 24.2 Å². The lowest BCUT2D eigenvalue weighted by Gasteiger charge is -2.23. The van der Waals surface area contributed by atoms with Crippen molar-refractivity contribution in [3.05, 3.63) is 60.0 Å². The number of aromatic hydroxyl groups is 1. The standard InChI is InChI=1S/C16H15NO5/c1-21-15(19)13-5-3-4-10-17(14(13)16(20)22-2)11-6-8-12(18)9-7-11/h3-10,18H,1-2H3. The molecule has 6 heteroatoms. The maximum absolute atomic E-state index is 12.2. The molecular formula is C16H15NO5. The minimum Gasteiger partial charge on any atom is -0.508 e. The predicted octanol–water partition coefficient (Wildman–Crippen LogP) is 1.88. The number of phenols is 1. The summed E-state index contributed by atoms with van der Waals surface area (Å²) in [7, 11) is 2.47. The lowest BCUT2D eigenvalue weighted by Crippen LogP contribution is -2.26. The summed E-state index contributed by atoms with van der Waals surface area (Å²) in [6, 6.07) is 6.19. The van der Waals surface area contributed by atoms with Crippen LogP contribution in [-0.2, 0) is 19.1 Å². The number of rotatable bonds is 3. The van der Waals surface area contributed by atoms with Gasteiger partial charge in [0.05, 0.1) is 19.8 Å². The van der Waals surface area contributed by atoms with E-state index in [1.165, 1.54) is 37.3 Å². The summed E-state index contributed by atoms with van der Waals surface area (Å²) in [6.07, 6.45) is 6.39. The number of nitrogens with zero attached hydrogens (tertiary/aromatic N) is 1. The van der Waals surface area contributed by atoms with Crippen LogP contribution < -0.4 is 4.90 Å². The molecule has 0 bridgehead atoms. The number of ether oxygens (including phenoxy) is 2. The molecule has 0 spiro atoms. The number of allylic oxidation sites excluding steroid dienone is 2. The molecule has 22 heavy (non-hydrogen) atoms. The number of methoxy groups -OCH3 is 2. The zero-order chi connectivity index (χ0) is 16.1. The van der Waals surface area contributed by atoms with E-state index in [1.54, 1.807) is 30.5 Å². The van der Waals surface area contributed by atoms with Crippen LogP contribution in [0.2, 0.25) is 0 Å². The first-order valence-corrected chi connectivity index (χ1v) is 6.42. The third-order valence-corrected chi connectivity index (χ3v) is 3.02. The lowest BCUT2D eigenvalue weighted by atomic mass is 10.1. The van der Waals surface area contributed by atoms with Gasteiger partial charge < -0.3 is 19.5 Å². The van der Waals surface area contributed by atoms with Gasteiger partial charge in [0.25, 0.3) is 0 Å². The van der Waals surface area contributed by atoms with E-state index in [4.69, 9.17) is 9.47 Å². The highest BCUT2D eigenvalue weighted by Gasteiger charge is 2.27. The molecule has 1 heterocycles.